The Kier molecular flexibility index (Phi) is 7.69. The zero-order chi connectivity index (χ0) is 27.5. The first-order valence-corrected chi connectivity index (χ1v) is 15.6. The number of hydrogen-bond acceptors (Lipinski definition) is 8. The summed E-state index contributed by atoms with van der Waals surface area (Å²) in [6.45, 7) is 23.7. The van der Waals surface area contributed by atoms with Crippen LogP contribution >= 0.6 is 0 Å². The number of rotatable bonds is 5. The van der Waals surface area contributed by atoms with E-state index in [1.165, 1.54) is 6.08 Å². The lowest BCUT2D eigenvalue weighted by atomic mass is 9.97. The van der Waals surface area contributed by atoms with E-state index in [-0.39, 0.29) is 5.04 Å². The number of imide groups is 1. The highest BCUT2D eigenvalue weighted by molar-refractivity contribution is 6.74. The fraction of sp³-hybridized carbons (Fsp3) is 0.846. The molecule has 0 aliphatic carbocycles. The number of carbonyl (C=O) groups is 2. The molecular weight excluding hydrogens is 482 g/mol. The highest BCUT2D eigenvalue weighted by atomic mass is 28.4. The van der Waals surface area contributed by atoms with E-state index in [0.29, 0.717) is 6.61 Å². The van der Waals surface area contributed by atoms with Crippen LogP contribution in [0.3, 0.4) is 0 Å². The van der Waals surface area contributed by atoms with Crippen molar-refractivity contribution in [3.8, 4) is 0 Å². The molecule has 0 spiro atoms. The Morgan fingerprint density at radius 2 is 1.67 bits per heavy atom. The van der Waals surface area contributed by atoms with Crippen LogP contribution in [0.5, 0.6) is 0 Å². The van der Waals surface area contributed by atoms with Gasteiger partial charge in [-0.1, -0.05) is 26.8 Å². The molecule has 0 aromatic rings. The highest BCUT2D eigenvalue weighted by Crippen LogP contribution is 2.43. The maximum Gasteiger partial charge on any atom is 0.417 e. The molecule has 3 rings (SSSR count). The largest absolute Gasteiger partial charge is 0.443 e. The zero-order valence-corrected chi connectivity index (χ0v) is 25.0. The maximum atomic E-state index is 13.2. The second-order valence-electron chi connectivity index (χ2n) is 13.3. The van der Waals surface area contributed by atoms with Crippen LogP contribution in [0, 0.1) is 0 Å². The fourth-order valence-corrected chi connectivity index (χ4v) is 5.67. The Labute approximate surface area is 216 Å². The molecule has 0 unspecified atom stereocenters. The molecule has 3 heterocycles. The van der Waals surface area contributed by atoms with E-state index in [1.54, 1.807) is 26.8 Å². The van der Waals surface area contributed by atoms with E-state index >= 15 is 0 Å². The Morgan fingerprint density at radius 1 is 1.06 bits per heavy atom. The first kappa shape index (κ1) is 29.3. The van der Waals surface area contributed by atoms with E-state index in [1.807, 2.05) is 27.7 Å². The molecule has 0 N–H and O–H groups in total. The van der Waals surface area contributed by atoms with Gasteiger partial charge in [-0.3, -0.25) is 4.79 Å². The predicted molar refractivity (Wildman–Crippen MR) is 137 cm³/mol. The molecule has 5 atom stereocenters. The van der Waals surface area contributed by atoms with Gasteiger partial charge in [-0.2, -0.15) is 0 Å². The highest BCUT2D eigenvalue weighted by Gasteiger charge is 2.57. The van der Waals surface area contributed by atoms with Gasteiger partial charge < -0.3 is 28.1 Å². The van der Waals surface area contributed by atoms with Crippen molar-refractivity contribution in [3.63, 3.8) is 0 Å². The molecule has 0 radical (unpaired) electrons. The molecule has 0 aromatic carbocycles. The summed E-state index contributed by atoms with van der Waals surface area (Å²) in [6, 6.07) is -0.734. The summed E-state index contributed by atoms with van der Waals surface area (Å²) < 4.78 is 37.3. The molecule has 2 fully saturated rings. The smallest absolute Gasteiger partial charge is 0.417 e. The van der Waals surface area contributed by atoms with Gasteiger partial charge in [0.25, 0.3) is 5.91 Å². The minimum atomic E-state index is -2.41. The number of carbonyl (C=O) groups excluding carboxylic acids is 2. The number of hydrogen-bond donors (Lipinski definition) is 0. The molecule has 0 aromatic heterocycles. The Hall–Kier alpha value is -1.30. The molecule has 2 saturated heterocycles. The van der Waals surface area contributed by atoms with Gasteiger partial charge in [0.05, 0.1) is 18.8 Å². The van der Waals surface area contributed by atoms with Gasteiger partial charge in [0.15, 0.2) is 19.9 Å². The van der Waals surface area contributed by atoms with E-state index < -0.39 is 68.0 Å². The third kappa shape index (κ3) is 6.39. The van der Waals surface area contributed by atoms with Crippen LogP contribution in [0.1, 0.15) is 69.2 Å². The van der Waals surface area contributed by atoms with Crippen molar-refractivity contribution < 1.29 is 37.7 Å². The van der Waals surface area contributed by atoms with Crippen LogP contribution in [0.2, 0.25) is 18.1 Å². The summed E-state index contributed by atoms with van der Waals surface area (Å²) in [5.41, 5.74) is -0.765. The molecule has 3 aliphatic rings. The van der Waals surface area contributed by atoms with Crippen LogP contribution in [-0.2, 0) is 32.9 Å². The van der Waals surface area contributed by atoms with Gasteiger partial charge in [0, 0.05) is 6.08 Å². The van der Waals surface area contributed by atoms with Crippen LogP contribution < -0.4 is 0 Å². The molecule has 36 heavy (non-hydrogen) atoms. The van der Waals surface area contributed by atoms with Crippen molar-refractivity contribution in [2.45, 2.75) is 135 Å². The number of nitrogens with zero attached hydrogens (tertiary/aromatic N) is 1. The molecule has 206 valence electrons. The SMILES string of the molecule is CC(C)(C)OC(=O)N1C(=O)C=C[C@H]1[C@@H](O[Si](C)(C)C(C)(C)C)[C@H]1OC(C)(C)O[C@@H]1[C@H]1COC(C)(C)O1. The molecule has 0 saturated carbocycles. The lowest BCUT2D eigenvalue weighted by Gasteiger charge is -2.44. The second kappa shape index (κ2) is 9.46. The summed E-state index contributed by atoms with van der Waals surface area (Å²) in [6.07, 6.45) is 0.0794. The molecule has 0 bridgehead atoms. The minimum Gasteiger partial charge on any atom is -0.443 e. The van der Waals surface area contributed by atoms with Crippen molar-refractivity contribution in [1.29, 1.82) is 0 Å². The molecule has 2 amide bonds. The maximum absolute atomic E-state index is 13.2. The van der Waals surface area contributed by atoms with Crippen LogP contribution in [0.4, 0.5) is 4.79 Å². The van der Waals surface area contributed by atoms with Crippen molar-refractivity contribution in [1.82, 2.24) is 4.90 Å². The van der Waals surface area contributed by atoms with E-state index in [0.717, 1.165) is 4.90 Å². The van der Waals surface area contributed by atoms with Gasteiger partial charge in [0.2, 0.25) is 0 Å². The molecular formula is C26H45NO8Si. The fourth-order valence-electron chi connectivity index (χ4n) is 4.36. The van der Waals surface area contributed by atoms with Gasteiger partial charge in [-0.15, -0.1) is 0 Å². The summed E-state index contributed by atoms with van der Waals surface area (Å²) in [7, 11) is -2.41. The topological polar surface area (TPSA) is 92.8 Å². The third-order valence-corrected chi connectivity index (χ3v) is 11.5. The Bertz CT molecular complexity index is 885. The molecule has 10 heteroatoms. The van der Waals surface area contributed by atoms with Gasteiger partial charge in [0.1, 0.15) is 23.9 Å². The lowest BCUT2D eigenvalue weighted by Crippen LogP contribution is -2.59. The van der Waals surface area contributed by atoms with Crippen LogP contribution in [0.25, 0.3) is 0 Å². The second-order valence-corrected chi connectivity index (χ2v) is 18.1. The zero-order valence-electron chi connectivity index (χ0n) is 24.0. The first-order chi connectivity index (χ1) is 16.1. The lowest BCUT2D eigenvalue weighted by molar-refractivity contribution is -0.175. The van der Waals surface area contributed by atoms with Crippen molar-refractivity contribution in [3.05, 3.63) is 12.2 Å². The van der Waals surface area contributed by atoms with Crippen molar-refractivity contribution in [2.24, 2.45) is 0 Å². The standard InChI is InChI=1S/C26H45NO8Si/c1-23(2,3)34-22(29)27-16(13-14-18(27)28)19(35-36(11,12)24(4,5)6)21-20(32-26(9,10)33-21)17-15-30-25(7,8)31-17/h13-14,16-17,19-21H,15H2,1-12H3/t16-,17+,19+,20+,21+/m0/s1. The Morgan fingerprint density at radius 3 is 2.17 bits per heavy atom. The summed E-state index contributed by atoms with van der Waals surface area (Å²) in [5, 5.41) is -0.131. The van der Waals surface area contributed by atoms with Gasteiger partial charge >= 0.3 is 6.09 Å². The predicted octanol–water partition coefficient (Wildman–Crippen LogP) is 4.75. The summed E-state index contributed by atoms with van der Waals surface area (Å²) in [5.74, 6) is -2.13. The summed E-state index contributed by atoms with van der Waals surface area (Å²) in [4.78, 5) is 27.2. The van der Waals surface area contributed by atoms with E-state index in [4.69, 9.17) is 28.1 Å². The normalized spacial score (nSPS) is 31.2. The van der Waals surface area contributed by atoms with Crippen LogP contribution in [0.15, 0.2) is 12.2 Å². The monoisotopic (exact) mass is 527 g/mol. The van der Waals surface area contributed by atoms with Crippen molar-refractivity contribution in [2.75, 3.05) is 6.61 Å². The average Bonchev–Trinajstić information content (AvgIpc) is 3.31. The minimum absolute atomic E-state index is 0.131. The van der Waals surface area contributed by atoms with Gasteiger partial charge in [-0.25, -0.2) is 9.69 Å². The Balaban J connectivity index is 2.03. The quantitative estimate of drug-likeness (QED) is 0.473. The number of amides is 2. The van der Waals surface area contributed by atoms with Crippen LogP contribution in [-0.4, -0.2) is 79.5 Å². The summed E-state index contributed by atoms with van der Waals surface area (Å²) >= 11 is 0. The number of ether oxygens (including phenoxy) is 5. The first-order valence-electron chi connectivity index (χ1n) is 12.7. The molecule has 3 aliphatic heterocycles. The average molecular weight is 528 g/mol. The van der Waals surface area contributed by atoms with Gasteiger partial charge in [-0.05, 0) is 66.6 Å². The van der Waals surface area contributed by atoms with E-state index in [2.05, 4.69) is 33.9 Å². The van der Waals surface area contributed by atoms with E-state index in [9.17, 15) is 9.59 Å². The molecule has 9 nitrogen and oxygen atoms in total. The van der Waals surface area contributed by atoms with Crippen molar-refractivity contribution >= 4 is 20.3 Å². The third-order valence-electron chi connectivity index (χ3n) is 7.02.